The topological polar surface area (TPSA) is 70.2 Å². The third-order valence-corrected chi connectivity index (χ3v) is 5.64. The van der Waals surface area contributed by atoms with E-state index in [2.05, 4.69) is 16.2 Å². The quantitative estimate of drug-likeness (QED) is 0.266. The van der Waals surface area contributed by atoms with Gasteiger partial charge in [-0.15, -0.1) is 11.3 Å². The monoisotopic (exact) mass is 443 g/mol. The van der Waals surface area contributed by atoms with Gasteiger partial charge in [-0.3, -0.25) is 15.0 Å². The predicted molar refractivity (Wildman–Crippen MR) is 110 cm³/mol. The molecule has 0 unspecified atom stereocenters. The third-order valence-electron chi connectivity index (χ3n) is 4.19. The van der Waals surface area contributed by atoms with E-state index in [-0.39, 0.29) is 73.9 Å². The molecule has 0 atom stereocenters. The number of carbonyl (C=O) groups excluding carboxylic acids is 2. The summed E-state index contributed by atoms with van der Waals surface area (Å²) in [5.74, 6) is -0.408. The molecule has 0 radical (unpaired) electrons. The Labute approximate surface area is 215 Å². The number of benzene rings is 1. The van der Waals surface area contributed by atoms with E-state index >= 15 is 0 Å². The zero-order chi connectivity index (χ0) is 18.5. The van der Waals surface area contributed by atoms with Gasteiger partial charge in [0.1, 0.15) is 0 Å². The molecule has 1 aliphatic carbocycles. The first kappa shape index (κ1) is 22.9. The van der Waals surface area contributed by atoms with E-state index in [9.17, 15) is 9.59 Å². The molecule has 3 N–H and O–H groups in total. The summed E-state index contributed by atoms with van der Waals surface area (Å²) in [5, 5.41) is 3.74. The fourth-order valence-corrected chi connectivity index (χ4v) is 4.42. The standard InChI is InChI=1S/C18H19N3O2S3.K/c22-15(20-21-18(24)25)10-13-12-8-4-5-9-14(12)26-17(13)19-16(23)11-6-2-1-3-7-11;/h1-3,6-7H,4-5,8-10H2,(H,19,23)(H,20,22)(H2,21,24,25);/q;+1/p-1. The average molecular weight is 444 g/mol. The normalized spacial score (nSPS) is 12.3. The van der Waals surface area contributed by atoms with Gasteiger partial charge in [-0.05, 0) is 53.3 Å². The Bertz CT molecular complexity index is 840. The first-order valence-corrected chi connectivity index (χ1v) is 9.93. The maximum Gasteiger partial charge on any atom is 1.00 e. The van der Waals surface area contributed by atoms with Gasteiger partial charge in [-0.25, -0.2) is 0 Å². The van der Waals surface area contributed by atoms with Gasteiger partial charge in [0.05, 0.1) is 11.4 Å². The Morgan fingerprint density at radius 2 is 1.81 bits per heavy atom. The van der Waals surface area contributed by atoms with Gasteiger partial charge >= 0.3 is 51.4 Å². The van der Waals surface area contributed by atoms with E-state index < -0.39 is 0 Å². The molecule has 2 aromatic rings. The van der Waals surface area contributed by atoms with Crippen molar-refractivity contribution in [3.05, 3.63) is 51.9 Å². The molecule has 0 bridgehead atoms. The molecule has 0 aliphatic heterocycles. The fourth-order valence-electron chi connectivity index (χ4n) is 3.01. The molecule has 1 aromatic heterocycles. The van der Waals surface area contributed by atoms with Crippen molar-refractivity contribution in [3.63, 3.8) is 0 Å². The molecular formula is C18H18KN3O2S3. The van der Waals surface area contributed by atoms with Crippen LogP contribution in [0, 0.1) is 0 Å². The Hall–Kier alpha value is -0.394. The number of aryl methyl sites for hydroxylation is 1. The van der Waals surface area contributed by atoms with Crippen molar-refractivity contribution in [2.24, 2.45) is 0 Å². The van der Waals surface area contributed by atoms with Crippen LogP contribution in [0.25, 0.3) is 0 Å². The fraction of sp³-hybridized carbons (Fsp3) is 0.278. The number of hydrogen-bond acceptors (Lipinski definition) is 5. The van der Waals surface area contributed by atoms with Crippen molar-refractivity contribution in [2.45, 2.75) is 32.1 Å². The van der Waals surface area contributed by atoms with E-state index in [1.807, 2.05) is 18.2 Å². The zero-order valence-electron chi connectivity index (χ0n) is 15.0. The van der Waals surface area contributed by atoms with Crippen LogP contribution in [0.15, 0.2) is 30.3 Å². The van der Waals surface area contributed by atoms with Crippen LogP contribution in [0.1, 0.15) is 39.2 Å². The predicted octanol–water partition coefficient (Wildman–Crippen LogP) is -0.122. The van der Waals surface area contributed by atoms with Crippen molar-refractivity contribution >= 4 is 57.3 Å². The molecular weight excluding hydrogens is 426 g/mol. The molecule has 0 saturated heterocycles. The van der Waals surface area contributed by atoms with Crippen molar-refractivity contribution in [3.8, 4) is 0 Å². The summed E-state index contributed by atoms with van der Waals surface area (Å²) < 4.78 is 0.0864. The maximum atomic E-state index is 12.5. The molecule has 3 rings (SSSR count). The Morgan fingerprint density at radius 3 is 2.52 bits per heavy atom. The van der Waals surface area contributed by atoms with Crippen LogP contribution in [0.5, 0.6) is 0 Å². The SMILES string of the molecule is O=C(Cc1c(NC(=O)c2ccccc2)sc2c1CCCC2)NNC(=S)[S-].[K+]. The summed E-state index contributed by atoms with van der Waals surface area (Å²) in [6, 6.07) is 9.05. The number of fused-ring (bicyclic) bond motifs is 1. The molecule has 1 aliphatic rings. The summed E-state index contributed by atoms with van der Waals surface area (Å²) in [5.41, 5.74) is 7.66. The van der Waals surface area contributed by atoms with Crippen molar-refractivity contribution in [1.82, 2.24) is 10.9 Å². The van der Waals surface area contributed by atoms with E-state index in [4.69, 9.17) is 24.8 Å². The van der Waals surface area contributed by atoms with E-state index in [1.165, 1.54) is 10.4 Å². The Kier molecular flexibility index (Phi) is 9.29. The van der Waals surface area contributed by atoms with E-state index in [0.717, 1.165) is 36.2 Å². The molecule has 2 amide bonds. The van der Waals surface area contributed by atoms with Crippen LogP contribution in [0.3, 0.4) is 0 Å². The maximum absolute atomic E-state index is 12.5. The number of thiophene rings is 1. The van der Waals surface area contributed by atoms with Gasteiger partial charge < -0.3 is 35.6 Å². The second-order valence-electron chi connectivity index (χ2n) is 5.98. The number of nitrogens with one attached hydrogen (secondary N) is 3. The first-order chi connectivity index (χ1) is 12.5. The van der Waals surface area contributed by atoms with Crippen LogP contribution < -0.4 is 67.6 Å². The molecule has 0 spiro atoms. The number of carbonyl (C=O) groups is 2. The zero-order valence-corrected chi connectivity index (χ0v) is 20.5. The smallest absolute Gasteiger partial charge is 0.410 e. The Morgan fingerprint density at radius 1 is 1.11 bits per heavy atom. The summed E-state index contributed by atoms with van der Waals surface area (Å²) in [4.78, 5) is 26.0. The summed E-state index contributed by atoms with van der Waals surface area (Å²) in [6.07, 6.45) is 4.32. The molecule has 0 fully saturated rings. The average Bonchev–Trinajstić information content (AvgIpc) is 2.98. The summed E-state index contributed by atoms with van der Waals surface area (Å²) in [6.45, 7) is 0. The minimum absolute atomic E-state index is 0. The molecule has 136 valence electrons. The summed E-state index contributed by atoms with van der Waals surface area (Å²) >= 11 is 11.0. The van der Waals surface area contributed by atoms with Crippen LogP contribution >= 0.6 is 23.6 Å². The van der Waals surface area contributed by atoms with Gasteiger partial charge in [-0.1, -0.05) is 18.2 Å². The largest absolute Gasteiger partial charge is 1.00 e. The summed E-state index contributed by atoms with van der Waals surface area (Å²) in [7, 11) is 0. The third kappa shape index (κ3) is 6.30. The molecule has 1 heterocycles. The molecule has 1 aromatic carbocycles. The number of hydrazine groups is 1. The van der Waals surface area contributed by atoms with Crippen LogP contribution in [-0.2, 0) is 36.7 Å². The number of amides is 2. The van der Waals surface area contributed by atoms with Crippen molar-refractivity contribution in [1.29, 1.82) is 0 Å². The van der Waals surface area contributed by atoms with E-state index in [1.54, 1.807) is 23.5 Å². The van der Waals surface area contributed by atoms with Crippen LogP contribution in [0.2, 0.25) is 0 Å². The minimum Gasteiger partial charge on any atom is -0.410 e. The minimum atomic E-state index is -0.237. The number of hydrogen-bond donors (Lipinski definition) is 3. The van der Waals surface area contributed by atoms with Crippen LogP contribution in [0.4, 0.5) is 5.00 Å². The molecule has 5 nitrogen and oxygen atoms in total. The van der Waals surface area contributed by atoms with Gasteiger partial charge in [0.15, 0.2) is 0 Å². The number of anilines is 1. The first-order valence-electron chi connectivity index (χ1n) is 8.30. The van der Waals surface area contributed by atoms with Gasteiger partial charge in [0.25, 0.3) is 5.91 Å². The molecule has 9 heteroatoms. The Balaban J connectivity index is 0.00000261. The molecule has 27 heavy (non-hydrogen) atoms. The van der Waals surface area contributed by atoms with Gasteiger partial charge in [-0.2, -0.15) is 0 Å². The van der Waals surface area contributed by atoms with Crippen LogP contribution in [-0.4, -0.2) is 16.1 Å². The van der Waals surface area contributed by atoms with Crippen molar-refractivity contribution in [2.75, 3.05) is 5.32 Å². The number of thiocarbonyl (C=S) groups is 1. The van der Waals surface area contributed by atoms with Gasteiger partial charge in [0, 0.05) is 10.4 Å². The van der Waals surface area contributed by atoms with E-state index in [0.29, 0.717) is 5.56 Å². The van der Waals surface area contributed by atoms with Crippen molar-refractivity contribution < 1.29 is 61.0 Å². The van der Waals surface area contributed by atoms with Gasteiger partial charge in [0.2, 0.25) is 5.91 Å². The second kappa shape index (κ2) is 11.0. The molecule has 0 saturated carbocycles. The number of rotatable bonds is 4. The second-order valence-corrected chi connectivity index (χ2v) is 8.16.